The molecule has 0 fully saturated rings. The summed E-state index contributed by atoms with van der Waals surface area (Å²) in [6.07, 6.45) is 0. The molecule has 0 saturated heterocycles. The van der Waals surface area contributed by atoms with Crippen LogP contribution >= 0.6 is 0 Å². The monoisotopic (exact) mass is 254 g/mol. The number of carbonyl (C=O) groups is 1. The summed E-state index contributed by atoms with van der Waals surface area (Å²) in [5.41, 5.74) is 0. The number of para-hydroxylation sites is 2. The van der Waals surface area contributed by atoms with Crippen molar-refractivity contribution in [1.29, 1.82) is 0 Å². The molecule has 0 atom stereocenters. The van der Waals surface area contributed by atoms with E-state index in [1.165, 1.54) is 0 Å². The average molecular weight is 254 g/mol. The topological polar surface area (TPSA) is 79.8 Å². The number of ether oxygens (including phenoxy) is 2. The maximum atomic E-state index is 11.2. The quantitative estimate of drug-likeness (QED) is 0.626. The fraction of sp³-hybridized carbons (Fsp3) is 0.417. The Morgan fingerprint density at radius 1 is 1.22 bits per heavy atom. The summed E-state index contributed by atoms with van der Waals surface area (Å²) in [5, 5.41) is 13.5. The molecule has 100 valence electrons. The summed E-state index contributed by atoms with van der Waals surface area (Å²) in [6.45, 7) is 2.58. The van der Waals surface area contributed by atoms with Gasteiger partial charge >= 0.3 is 6.03 Å². The molecule has 0 radical (unpaired) electrons. The highest BCUT2D eigenvalue weighted by Crippen LogP contribution is 2.25. The van der Waals surface area contributed by atoms with E-state index in [2.05, 4.69) is 10.6 Å². The molecule has 0 aliphatic rings. The van der Waals surface area contributed by atoms with Crippen LogP contribution in [0.1, 0.15) is 6.92 Å². The number of aliphatic hydroxyl groups is 1. The highest BCUT2D eigenvalue weighted by Gasteiger charge is 2.04. The molecule has 6 heteroatoms. The van der Waals surface area contributed by atoms with Crippen LogP contribution in [-0.2, 0) is 0 Å². The van der Waals surface area contributed by atoms with Crippen molar-refractivity contribution in [3.05, 3.63) is 24.3 Å². The summed E-state index contributed by atoms with van der Waals surface area (Å²) in [7, 11) is 0. The van der Waals surface area contributed by atoms with Crippen molar-refractivity contribution in [1.82, 2.24) is 10.6 Å². The predicted octanol–water partition coefficient (Wildman–Crippen LogP) is 0.713. The van der Waals surface area contributed by atoms with Crippen molar-refractivity contribution in [2.45, 2.75) is 6.92 Å². The molecule has 0 spiro atoms. The van der Waals surface area contributed by atoms with Crippen molar-refractivity contribution in [2.24, 2.45) is 0 Å². The highest BCUT2D eigenvalue weighted by molar-refractivity contribution is 5.73. The Morgan fingerprint density at radius 2 is 1.89 bits per heavy atom. The lowest BCUT2D eigenvalue weighted by molar-refractivity contribution is 0.215. The van der Waals surface area contributed by atoms with Crippen molar-refractivity contribution in [2.75, 3.05) is 26.5 Å². The van der Waals surface area contributed by atoms with Gasteiger partial charge in [0.1, 0.15) is 0 Å². The highest BCUT2D eigenvalue weighted by atomic mass is 16.5. The Hall–Kier alpha value is -1.95. The number of benzene rings is 1. The Kier molecular flexibility index (Phi) is 6.42. The van der Waals surface area contributed by atoms with Crippen molar-refractivity contribution >= 4 is 6.03 Å². The summed E-state index contributed by atoms with van der Waals surface area (Å²) >= 11 is 0. The second-order valence-corrected chi connectivity index (χ2v) is 3.32. The molecule has 3 N–H and O–H groups in total. The van der Waals surface area contributed by atoms with Crippen molar-refractivity contribution in [3.63, 3.8) is 0 Å². The van der Waals surface area contributed by atoms with Crippen LogP contribution in [0, 0.1) is 0 Å². The molecule has 1 aromatic rings. The van der Waals surface area contributed by atoms with E-state index in [1.54, 1.807) is 12.1 Å². The van der Waals surface area contributed by atoms with Crippen LogP contribution in [0.25, 0.3) is 0 Å². The molecule has 0 aliphatic heterocycles. The molecule has 0 heterocycles. The zero-order valence-corrected chi connectivity index (χ0v) is 10.3. The molecule has 2 amide bonds. The third-order valence-corrected chi connectivity index (χ3v) is 2.01. The number of rotatable bonds is 7. The van der Waals surface area contributed by atoms with E-state index in [0.717, 1.165) is 0 Å². The third kappa shape index (κ3) is 4.92. The largest absolute Gasteiger partial charge is 0.490 e. The van der Waals surface area contributed by atoms with E-state index in [1.807, 2.05) is 19.1 Å². The summed E-state index contributed by atoms with van der Waals surface area (Å²) in [6, 6.07) is 6.84. The normalized spacial score (nSPS) is 9.67. The first-order valence-electron chi connectivity index (χ1n) is 5.75. The standard InChI is InChI=1S/C12H18N2O4/c1-2-17-10-5-3-4-6-11(10)18-9-14-12(16)13-7-8-15/h3-6,15H,2,7-9H2,1H3,(H2,13,14,16). The Morgan fingerprint density at radius 3 is 2.50 bits per heavy atom. The van der Waals surface area contributed by atoms with Gasteiger partial charge in [0.2, 0.25) is 0 Å². The van der Waals surface area contributed by atoms with Crippen LogP contribution in [0.3, 0.4) is 0 Å². The van der Waals surface area contributed by atoms with Crippen molar-refractivity contribution < 1.29 is 19.4 Å². The minimum absolute atomic E-state index is 0.0291. The zero-order valence-electron chi connectivity index (χ0n) is 10.3. The van der Waals surface area contributed by atoms with E-state index in [9.17, 15) is 4.79 Å². The van der Waals surface area contributed by atoms with Gasteiger partial charge in [0, 0.05) is 6.54 Å². The number of hydrogen-bond acceptors (Lipinski definition) is 4. The molecular weight excluding hydrogens is 236 g/mol. The predicted molar refractivity (Wildman–Crippen MR) is 66.7 cm³/mol. The minimum atomic E-state index is -0.391. The van der Waals surface area contributed by atoms with Crippen LogP contribution in [0.2, 0.25) is 0 Å². The molecule has 0 saturated carbocycles. The van der Waals surface area contributed by atoms with E-state index in [-0.39, 0.29) is 19.9 Å². The van der Waals surface area contributed by atoms with Gasteiger partial charge in [-0.05, 0) is 19.1 Å². The number of hydrogen-bond donors (Lipinski definition) is 3. The first-order chi connectivity index (χ1) is 8.77. The maximum absolute atomic E-state index is 11.2. The lowest BCUT2D eigenvalue weighted by Crippen LogP contribution is -2.38. The number of aliphatic hydroxyl groups excluding tert-OH is 1. The third-order valence-electron chi connectivity index (χ3n) is 2.01. The summed E-state index contributed by atoms with van der Waals surface area (Å²) < 4.78 is 10.8. The molecule has 6 nitrogen and oxygen atoms in total. The van der Waals surface area contributed by atoms with E-state index < -0.39 is 6.03 Å². The first kappa shape index (κ1) is 14.1. The second-order valence-electron chi connectivity index (χ2n) is 3.32. The van der Waals surface area contributed by atoms with E-state index in [4.69, 9.17) is 14.6 Å². The molecule has 0 bridgehead atoms. The van der Waals surface area contributed by atoms with Gasteiger partial charge in [-0.3, -0.25) is 0 Å². The van der Waals surface area contributed by atoms with Crippen LogP contribution in [0.15, 0.2) is 24.3 Å². The fourth-order valence-electron chi connectivity index (χ4n) is 1.26. The second kappa shape index (κ2) is 8.19. The van der Waals surface area contributed by atoms with Crippen LogP contribution < -0.4 is 20.1 Å². The Balaban J connectivity index is 2.36. The molecule has 0 unspecified atom stereocenters. The SMILES string of the molecule is CCOc1ccccc1OCNC(=O)NCCO. The van der Waals surface area contributed by atoms with Gasteiger partial charge in [0.15, 0.2) is 18.2 Å². The van der Waals surface area contributed by atoms with Gasteiger partial charge in [0.25, 0.3) is 0 Å². The maximum Gasteiger partial charge on any atom is 0.317 e. The van der Waals surface area contributed by atoms with Gasteiger partial charge in [0.05, 0.1) is 13.2 Å². The molecular formula is C12H18N2O4. The molecule has 0 aromatic heterocycles. The molecule has 18 heavy (non-hydrogen) atoms. The molecule has 0 aliphatic carbocycles. The van der Waals surface area contributed by atoms with Gasteiger partial charge < -0.3 is 25.2 Å². The van der Waals surface area contributed by atoms with Crippen molar-refractivity contribution in [3.8, 4) is 11.5 Å². The number of carbonyl (C=O) groups excluding carboxylic acids is 1. The van der Waals surface area contributed by atoms with Gasteiger partial charge in [-0.25, -0.2) is 4.79 Å². The van der Waals surface area contributed by atoms with Gasteiger partial charge in [-0.2, -0.15) is 0 Å². The average Bonchev–Trinajstić information content (AvgIpc) is 2.38. The smallest absolute Gasteiger partial charge is 0.317 e. The number of amides is 2. The van der Waals surface area contributed by atoms with Crippen LogP contribution in [0.4, 0.5) is 4.79 Å². The fourth-order valence-corrected chi connectivity index (χ4v) is 1.26. The number of nitrogens with one attached hydrogen (secondary N) is 2. The lowest BCUT2D eigenvalue weighted by Gasteiger charge is -2.12. The minimum Gasteiger partial charge on any atom is -0.490 e. The zero-order chi connectivity index (χ0) is 13.2. The van der Waals surface area contributed by atoms with Crippen LogP contribution in [0.5, 0.6) is 11.5 Å². The number of urea groups is 1. The first-order valence-corrected chi connectivity index (χ1v) is 5.75. The van der Waals surface area contributed by atoms with E-state index >= 15 is 0 Å². The lowest BCUT2D eigenvalue weighted by atomic mass is 10.3. The Bertz CT molecular complexity index is 371. The van der Waals surface area contributed by atoms with E-state index in [0.29, 0.717) is 18.1 Å². The molecule has 1 rings (SSSR count). The van der Waals surface area contributed by atoms with Gasteiger partial charge in [-0.15, -0.1) is 0 Å². The summed E-state index contributed by atoms with van der Waals surface area (Å²) in [4.78, 5) is 11.2. The molecule has 1 aromatic carbocycles. The van der Waals surface area contributed by atoms with Gasteiger partial charge in [-0.1, -0.05) is 12.1 Å². The van der Waals surface area contributed by atoms with Crippen LogP contribution in [-0.4, -0.2) is 37.6 Å². The Labute approximate surface area is 106 Å². The summed E-state index contributed by atoms with van der Waals surface area (Å²) in [5.74, 6) is 1.21.